The smallest absolute Gasteiger partial charge is 0.258 e. The van der Waals surface area contributed by atoms with E-state index in [0.29, 0.717) is 5.75 Å². The van der Waals surface area contributed by atoms with E-state index in [9.17, 15) is 4.79 Å². The van der Waals surface area contributed by atoms with Gasteiger partial charge in [-0.25, -0.2) is 0 Å². The third kappa shape index (κ3) is 4.24. The summed E-state index contributed by atoms with van der Waals surface area (Å²) in [5, 5.41) is 5.09. The maximum absolute atomic E-state index is 12.3. The molecule has 0 aliphatic carbocycles. The SMILES string of the molecule is Cc1ccc([C@@H](NC(=O)COc2ccccc2)c2cccs2)cc1. The van der Waals surface area contributed by atoms with Gasteiger partial charge in [-0.2, -0.15) is 0 Å². The Morgan fingerprint density at radius 2 is 1.79 bits per heavy atom. The van der Waals surface area contributed by atoms with Crippen LogP contribution in [0.15, 0.2) is 72.1 Å². The van der Waals surface area contributed by atoms with Gasteiger partial charge in [0.15, 0.2) is 6.61 Å². The van der Waals surface area contributed by atoms with E-state index in [2.05, 4.69) is 36.5 Å². The summed E-state index contributed by atoms with van der Waals surface area (Å²) in [6.07, 6.45) is 0. The standard InChI is InChI=1S/C20H19NO2S/c1-15-9-11-16(12-10-15)20(18-8-5-13-24-18)21-19(22)14-23-17-6-3-2-4-7-17/h2-13,20H,14H2,1H3,(H,21,22)/t20-/m1/s1. The van der Waals surface area contributed by atoms with Gasteiger partial charge >= 0.3 is 0 Å². The van der Waals surface area contributed by atoms with Gasteiger partial charge in [0.1, 0.15) is 5.75 Å². The second-order valence-electron chi connectivity index (χ2n) is 5.53. The van der Waals surface area contributed by atoms with Gasteiger partial charge in [-0.1, -0.05) is 54.1 Å². The van der Waals surface area contributed by atoms with Gasteiger partial charge < -0.3 is 10.1 Å². The molecule has 4 heteroatoms. The van der Waals surface area contributed by atoms with Crippen molar-refractivity contribution >= 4 is 17.2 Å². The van der Waals surface area contributed by atoms with Crippen LogP contribution in [0.1, 0.15) is 22.0 Å². The lowest BCUT2D eigenvalue weighted by Crippen LogP contribution is -2.32. The number of rotatable bonds is 6. The molecular weight excluding hydrogens is 318 g/mol. The molecule has 0 unspecified atom stereocenters. The zero-order chi connectivity index (χ0) is 16.8. The first kappa shape index (κ1) is 16.3. The molecule has 1 atom stereocenters. The van der Waals surface area contributed by atoms with Crippen LogP contribution in [0.5, 0.6) is 5.75 Å². The van der Waals surface area contributed by atoms with E-state index >= 15 is 0 Å². The van der Waals surface area contributed by atoms with Gasteiger partial charge in [0, 0.05) is 4.88 Å². The van der Waals surface area contributed by atoms with E-state index in [-0.39, 0.29) is 18.6 Å². The number of nitrogens with one attached hydrogen (secondary N) is 1. The van der Waals surface area contributed by atoms with Gasteiger partial charge in [0.2, 0.25) is 0 Å². The van der Waals surface area contributed by atoms with Gasteiger partial charge in [-0.15, -0.1) is 11.3 Å². The predicted molar refractivity (Wildman–Crippen MR) is 97.4 cm³/mol. The summed E-state index contributed by atoms with van der Waals surface area (Å²) >= 11 is 1.63. The summed E-state index contributed by atoms with van der Waals surface area (Å²) in [4.78, 5) is 13.4. The van der Waals surface area contributed by atoms with Crippen molar-refractivity contribution in [1.29, 1.82) is 0 Å². The average Bonchev–Trinajstić information content (AvgIpc) is 3.14. The fourth-order valence-corrected chi connectivity index (χ4v) is 3.20. The molecule has 0 saturated heterocycles. The minimum Gasteiger partial charge on any atom is -0.484 e. The Kier molecular flexibility index (Phi) is 5.29. The van der Waals surface area contributed by atoms with E-state index in [1.807, 2.05) is 47.8 Å². The summed E-state index contributed by atoms with van der Waals surface area (Å²) in [5.41, 5.74) is 2.26. The molecule has 24 heavy (non-hydrogen) atoms. The van der Waals surface area contributed by atoms with E-state index < -0.39 is 0 Å². The predicted octanol–water partition coefficient (Wildman–Crippen LogP) is 4.34. The van der Waals surface area contributed by atoms with Crippen molar-refractivity contribution in [2.45, 2.75) is 13.0 Å². The minimum atomic E-state index is -0.155. The highest BCUT2D eigenvalue weighted by Crippen LogP contribution is 2.26. The molecule has 1 amide bonds. The lowest BCUT2D eigenvalue weighted by atomic mass is 10.0. The second-order valence-corrected chi connectivity index (χ2v) is 6.51. The van der Waals surface area contributed by atoms with Crippen LogP contribution in [0.25, 0.3) is 0 Å². The van der Waals surface area contributed by atoms with Crippen LogP contribution in [0.2, 0.25) is 0 Å². The molecule has 3 aromatic rings. The van der Waals surface area contributed by atoms with Crippen molar-refractivity contribution in [1.82, 2.24) is 5.32 Å². The van der Waals surface area contributed by atoms with Gasteiger partial charge in [0.25, 0.3) is 5.91 Å². The number of hydrogen-bond acceptors (Lipinski definition) is 3. The average molecular weight is 337 g/mol. The number of amides is 1. The molecule has 0 saturated carbocycles. The van der Waals surface area contributed by atoms with Gasteiger partial charge in [0.05, 0.1) is 6.04 Å². The number of hydrogen-bond donors (Lipinski definition) is 1. The monoisotopic (exact) mass is 337 g/mol. The van der Waals surface area contributed by atoms with Crippen molar-refractivity contribution in [3.8, 4) is 5.75 Å². The van der Waals surface area contributed by atoms with Crippen LogP contribution < -0.4 is 10.1 Å². The molecule has 1 aromatic heterocycles. The summed E-state index contributed by atoms with van der Waals surface area (Å²) in [5.74, 6) is 0.550. The fourth-order valence-electron chi connectivity index (χ4n) is 2.40. The number of benzene rings is 2. The Hall–Kier alpha value is -2.59. The first-order valence-corrected chi connectivity index (χ1v) is 8.67. The highest BCUT2D eigenvalue weighted by molar-refractivity contribution is 7.10. The molecule has 0 fully saturated rings. The van der Waals surface area contributed by atoms with E-state index in [1.54, 1.807) is 11.3 Å². The molecule has 0 radical (unpaired) electrons. The van der Waals surface area contributed by atoms with Crippen molar-refractivity contribution in [2.24, 2.45) is 0 Å². The van der Waals surface area contributed by atoms with Crippen molar-refractivity contribution < 1.29 is 9.53 Å². The second kappa shape index (κ2) is 7.79. The molecule has 0 aliphatic heterocycles. The third-order valence-electron chi connectivity index (χ3n) is 3.66. The third-order valence-corrected chi connectivity index (χ3v) is 4.59. The van der Waals surface area contributed by atoms with Gasteiger partial charge in [-0.3, -0.25) is 4.79 Å². The van der Waals surface area contributed by atoms with Crippen molar-refractivity contribution in [2.75, 3.05) is 6.61 Å². The maximum Gasteiger partial charge on any atom is 0.258 e. The largest absolute Gasteiger partial charge is 0.484 e. The number of aryl methyl sites for hydroxylation is 1. The van der Waals surface area contributed by atoms with Crippen LogP contribution in [0.4, 0.5) is 0 Å². The van der Waals surface area contributed by atoms with Crippen molar-refractivity contribution in [3.63, 3.8) is 0 Å². The number of ether oxygens (including phenoxy) is 1. The van der Waals surface area contributed by atoms with Crippen LogP contribution in [-0.2, 0) is 4.79 Å². The number of thiophene rings is 1. The topological polar surface area (TPSA) is 38.3 Å². The number of para-hydroxylation sites is 1. The molecule has 1 N–H and O–H groups in total. The minimum absolute atomic E-state index is 0.00223. The zero-order valence-corrected chi connectivity index (χ0v) is 14.3. The molecule has 3 nitrogen and oxygen atoms in total. The van der Waals surface area contributed by atoms with Crippen LogP contribution in [0, 0.1) is 6.92 Å². The quantitative estimate of drug-likeness (QED) is 0.726. The van der Waals surface area contributed by atoms with E-state index in [4.69, 9.17) is 4.74 Å². The van der Waals surface area contributed by atoms with Gasteiger partial charge in [-0.05, 0) is 36.1 Å². The first-order valence-electron chi connectivity index (χ1n) is 7.79. The molecule has 122 valence electrons. The highest BCUT2D eigenvalue weighted by atomic mass is 32.1. The van der Waals surface area contributed by atoms with Crippen molar-refractivity contribution in [3.05, 3.63) is 88.1 Å². The highest BCUT2D eigenvalue weighted by Gasteiger charge is 2.18. The maximum atomic E-state index is 12.3. The Bertz CT molecular complexity index is 767. The summed E-state index contributed by atoms with van der Waals surface area (Å²) in [7, 11) is 0. The number of carbonyl (C=O) groups is 1. The lowest BCUT2D eigenvalue weighted by molar-refractivity contribution is -0.123. The molecule has 1 heterocycles. The summed E-state index contributed by atoms with van der Waals surface area (Å²) in [6.45, 7) is 2.05. The summed E-state index contributed by atoms with van der Waals surface area (Å²) < 4.78 is 5.53. The van der Waals surface area contributed by atoms with Crippen LogP contribution >= 0.6 is 11.3 Å². The molecule has 3 rings (SSSR count). The number of carbonyl (C=O) groups excluding carboxylic acids is 1. The summed E-state index contributed by atoms with van der Waals surface area (Å²) in [6, 6.07) is 21.5. The molecular formula is C20H19NO2S. The molecule has 0 spiro atoms. The Balaban J connectivity index is 1.70. The van der Waals surface area contributed by atoms with Crippen LogP contribution in [-0.4, -0.2) is 12.5 Å². The van der Waals surface area contributed by atoms with E-state index in [0.717, 1.165) is 10.4 Å². The molecule has 2 aromatic carbocycles. The van der Waals surface area contributed by atoms with E-state index in [1.165, 1.54) is 5.56 Å². The van der Waals surface area contributed by atoms with Crippen LogP contribution in [0.3, 0.4) is 0 Å². The lowest BCUT2D eigenvalue weighted by Gasteiger charge is -2.18. The molecule has 0 aliphatic rings. The normalized spacial score (nSPS) is 11.7. The fraction of sp³-hybridized carbons (Fsp3) is 0.150. The zero-order valence-electron chi connectivity index (χ0n) is 13.4. The molecule has 0 bridgehead atoms. The Morgan fingerprint density at radius 1 is 1.04 bits per heavy atom. The first-order chi connectivity index (χ1) is 11.7. The Morgan fingerprint density at radius 3 is 2.46 bits per heavy atom. The Labute approximate surface area is 145 Å².